The summed E-state index contributed by atoms with van der Waals surface area (Å²) in [5.41, 5.74) is 0.494. The molecule has 1 unspecified atom stereocenters. The van der Waals surface area contributed by atoms with Crippen LogP contribution in [0.3, 0.4) is 0 Å². The molecule has 1 fully saturated rings. The maximum Gasteiger partial charge on any atom is 0.324 e. The molecule has 0 radical (unpaired) electrons. The molecular weight excluding hydrogens is 314 g/mol. The molecule has 7 heteroatoms. The second-order valence-corrected chi connectivity index (χ2v) is 7.28. The second kappa shape index (κ2) is 6.34. The number of ether oxygens (including phenoxy) is 1. The van der Waals surface area contributed by atoms with E-state index in [0.717, 1.165) is 12.8 Å². The summed E-state index contributed by atoms with van der Waals surface area (Å²) in [6.45, 7) is 1.97. The lowest BCUT2D eigenvalue weighted by Gasteiger charge is -2.33. The Kier molecular flexibility index (Phi) is 4.91. The predicted molar refractivity (Wildman–Crippen MR) is 79.7 cm³/mol. The molecular formula is C14H18ClNO4S. The summed E-state index contributed by atoms with van der Waals surface area (Å²) in [6, 6.07) is 4.00. The van der Waals surface area contributed by atoms with Gasteiger partial charge in [-0.25, -0.2) is 8.42 Å². The van der Waals surface area contributed by atoms with Crippen molar-refractivity contribution in [2.45, 2.75) is 37.1 Å². The molecule has 1 aliphatic heterocycles. The summed E-state index contributed by atoms with van der Waals surface area (Å²) in [4.78, 5) is 12.0. The van der Waals surface area contributed by atoms with E-state index >= 15 is 0 Å². The molecule has 0 bridgehead atoms. The van der Waals surface area contributed by atoms with Gasteiger partial charge >= 0.3 is 5.97 Å². The highest BCUT2D eigenvalue weighted by molar-refractivity contribution is 7.89. The number of piperidine rings is 1. The molecule has 21 heavy (non-hydrogen) atoms. The zero-order valence-corrected chi connectivity index (χ0v) is 13.6. The van der Waals surface area contributed by atoms with Crippen LogP contribution in [0.5, 0.6) is 0 Å². The minimum Gasteiger partial charge on any atom is -0.468 e. The van der Waals surface area contributed by atoms with Gasteiger partial charge in [0, 0.05) is 11.6 Å². The standard InChI is InChI=1S/C14H18ClNO4S/c1-10-11(15)6-5-8-13(10)21(18,19)16-9-4-3-7-12(16)14(17)20-2/h5-6,8,12H,3-4,7,9H2,1-2H3. The summed E-state index contributed by atoms with van der Waals surface area (Å²) >= 11 is 6.01. The first-order valence-electron chi connectivity index (χ1n) is 6.74. The number of carbonyl (C=O) groups is 1. The van der Waals surface area contributed by atoms with Gasteiger partial charge in [-0.1, -0.05) is 17.7 Å². The second-order valence-electron chi connectivity index (χ2n) is 5.01. The first-order chi connectivity index (χ1) is 9.89. The van der Waals surface area contributed by atoms with Gasteiger partial charge in [-0.3, -0.25) is 4.79 Å². The number of esters is 1. The Morgan fingerprint density at radius 3 is 2.76 bits per heavy atom. The van der Waals surface area contributed by atoms with Crippen molar-refractivity contribution < 1.29 is 17.9 Å². The minimum atomic E-state index is -3.77. The van der Waals surface area contributed by atoms with Gasteiger partial charge in [0.2, 0.25) is 10.0 Å². The van der Waals surface area contributed by atoms with E-state index in [2.05, 4.69) is 0 Å². The summed E-state index contributed by atoms with van der Waals surface area (Å²) in [5, 5.41) is 0.391. The number of methoxy groups -OCH3 is 1. The maximum absolute atomic E-state index is 12.9. The molecule has 5 nitrogen and oxygen atoms in total. The third-order valence-corrected chi connectivity index (χ3v) is 6.19. The Bertz CT molecular complexity index is 644. The minimum absolute atomic E-state index is 0.144. The molecule has 1 aromatic rings. The zero-order chi connectivity index (χ0) is 15.6. The van der Waals surface area contributed by atoms with Crippen LogP contribution in [0.15, 0.2) is 23.1 Å². The number of nitrogens with zero attached hydrogens (tertiary/aromatic N) is 1. The van der Waals surface area contributed by atoms with Gasteiger partial charge < -0.3 is 4.74 Å². The van der Waals surface area contributed by atoms with Crippen molar-refractivity contribution >= 4 is 27.6 Å². The summed E-state index contributed by atoms with van der Waals surface area (Å²) in [5.74, 6) is -0.516. The Balaban J connectivity index is 2.46. The number of hydrogen-bond acceptors (Lipinski definition) is 4. The monoisotopic (exact) mass is 331 g/mol. The van der Waals surface area contributed by atoms with Crippen LogP contribution in [0.4, 0.5) is 0 Å². The molecule has 1 aliphatic rings. The number of benzene rings is 1. The van der Waals surface area contributed by atoms with Gasteiger partial charge in [0.1, 0.15) is 6.04 Å². The topological polar surface area (TPSA) is 63.7 Å². The van der Waals surface area contributed by atoms with Crippen molar-refractivity contribution in [2.75, 3.05) is 13.7 Å². The summed E-state index contributed by atoms with van der Waals surface area (Å²) in [7, 11) is -2.50. The van der Waals surface area contributed by atoms with Gasteiger partial charge in [0.05, 0.1) is 12.0 Å². The maximum atomic E-state index is 12.9. The Hall–Kier alpha value is -1.11. The van der Waals surface area contributed by atoms with Crippen LogP contribution in [0.1, 0.15) is 24.8 Å². The van der Waals surface area contributed by atoms with Crippen LogP contribution in [0.25, 0.3) is 0 Å². The third-order valence-electron chi connectivity index (χ3n) is 3.73. The quantitative estimate of drug-likeness (QED) is 0.798. The van der Waals surface area contributed by atoms with Crippen LogP contribution >= 0.6 is 11.6 Å². The van der Waals surface area contributed by atoms with E-state index in [1.165, 1.54) is 17.5 Å². The van der Waals surface area contributed by atoms with E-state index in [1.54, 1.807) is 19.1 Å². The first kappa shape index (κ1) is 16.3. The number of sulfonamides is 1. The lowest BCUT2D eigenvalue weighted by Crippen LogP contribution is -2.48. The molecule has 0 spiro atoms. The van der Waals surface area contributed by atoms with E-state index in [1.807, 2.05) is 0 Å². The van der Waals surface area contributed by atoms with Gasteiger partial charge in [-0.05, 0) is 43.9 Å². The van der Waals surface area contributed by atoms with Gasteiger partial charge in [0.25, 0.3) is 0 Å². The highest BCUT2D eigenvalue weighted by atomic mass is 35.5. The van der Waals surface area contributed by atoms with Crippen LogP contribution in [0, 0.1) is 6.92 Å². The van der Waals surface area contributed by atoms with Crippen LogP contribution in [-0.4, -0.2) is 38.4 Å². The zero-order valence-electron chi connectivity index (χ0n) is 12.0. The van der Waals surface area contributed by atoms with E-state index in [9.17, 15) is 13.2 Å². The summed E-state index contributed by atoms with van der Waals surface area (Å²) < 4.78 is 31.7. The Labute approximate surface area is 129 Å². The average Bonchev–Trinajstić information content (AvgIpc) is 2.49. The highest BCUT2D eigenvalue weighted by Gasteiger charge is 2.38. The number of carbonyl (C=O) groups excluding carboxylic acids is 1. The lowest BCUT2D eigenvalue weighted by atomic mass is 10.1. The van der Waals surface area contributed by atoms with Gasteiger partial charge in [-0.2, -0.15) is 4.31 Å². The van der Waals surface area contributed by atoms with Crippen molar-refractivity contribution in [3.05, 3.63) is 28.8 Å². The van der Waals surface area contributed by atoms with Crippen LogP contribution < -0.4 is 0 Å². The van der Waals surface area contributed by atoms with Crippen molar-refractivity contribution in [3.8, 4) is 0 Å². The summed E-state index contributed by atoms with van der Waals surface area (Å²) in [6.07, 6.45) is 2.01. The van der Waals surface area contributed by atoms with E-state index in [0.29, 0.717) is 23.6 Å². The molecule has 116 valence electrons. The molecule has 1 aromatic carbocycles. The fourth-order valence-electron chi connectivity index (χ4n) is 2.56. The molecule has 1 heterocycles. The van der Waals surface area contributed by atoms with E-state index in [4.69, 9.17) is 16.3 Å². The molecule has 0 aliphatic carbocycles. The normalized spacial score (nSPS) is 20.2. The molecule has 1 saturated heterocycles. The smallest absolute Gasteiger partial charge is 0.324 e. The van der Waals surface area contributed by atoms with Gasteiger partial charge in [0.15, 0.2) is 0 Å². The molecule has 0 amide bonds. The van der Waals surface area contributed by atoms with Crippen molar-refractivity contribution in [3.63, 3.8) is 0 Å². The first-order valence-corrected chi connectivity index (χ1v) is 8.56. The van der Waals surface area contributed by atoms with Crippen molar-refractivity contribution in [1.29, 1.82) is 0 Å². The molecule has 0 aromatic heterocycles. The highest BCUT2D eigenvalue weighted by Crippen LogP contribution is 2.30. The number of rotatable bonds is 3. The van der Waals surface area contributed by atoms with E-state index in [-0.39, 0.29) is 4.90 Å². The SMILES string of the molecule is COC(=O)C1CCCCN1S(=O)(=O)c1cccc(Cl)c1C. The Morgan fingerprint density at radius 1 is 1.38 bits per heavy atom. The van der Waals surface area contributed by atoms with E-state index < -0.39 is 22.0 Å². The fraction of sp³-hybridized carbons (Fsp3) is 0.500. The van der Waals surface area contributed by atoms with Crippen molar-refractivity contribution in [1.82, 2.24) is 4.31 Å². The third kappa shape index (κ3) is 3.07. The number of hydrogen-bond donors (Lipinski definition) is 0. The van der Waals surface area contributed by atoms with Crippen LogP contribution in [-0.2, 0) is 19.6 Å². The number of halogens is 1. The molecule has 0 N–H and O–H groups in total. The lowest BCUT2D eigenvalue weighted by molar-refractivity contribution is -0.146. The molecule has 1 atom stereocenters. The van der Waals surface area contributed by atoms with Gasteiger partial charge in [-0.15, -0.1) is 0 Å². The average molecular weight is 332 g/mol. The van der Waals surface area contributed by atoms with Crippen molar-refractivity contribution in [2.24, 2.45) is 0 Å². The molecule has 0 saturated carbocycles. The van der Waals surface area contributed by atoms with Crippen LogP contribution in [0.2, 0.25) is 5.02 Å². The molecule has 2 rings (SSSR count). The largest absolute Gasteiger partial charge is 0.468 e. The predicted octanol–water partition coefficient (Wildman–Crippen LogP) is 2.36. The Morgan fingerprint density at radius 2 is 2.10 bits per heavy atom. The fourth-order valence-corrected chi connectivity index (χ4v) is 4.68.